The Labute approximate surface area is 211 Å². The van der Waals surface area contributed by atoms with Crippen LogP contribution in [0.15, 0.2) is 37.1 Å². The van der Waals surface area contributed by atoms with Gasteiger partial charge in [-0.15, -0.1) is 6.58 Å². The molecule has 3 aliphatic rings. The van der Waals surface area contributed by atoms with Crippen LogP contribution in [0.5, 0.6) is 0 Å². The van der Waals surface area contributed by atoms with Crippen molar-refractivity contribution in [1.82, 2.24) is 14.9 Å². The molecule has 0 saturated carbocycles. The van der Waals surface area contributed by atoms with Crippen LogP contribution in [0.3, 0.4) is 0 Å². The molecule has 2 saturated heterocycles. The molecule has 0 amide bonds. The van der Waals surface area contributed by atoms with E-state index in [1.54, 1.807) is 0 Å². The van der Waals surface area contributed by atoms with E-state index >= 15 is 0 Å². The minimum Gasteiger partial charge on any atom is -0.370 e. The Balaban J connectivity index is 1.51. The number of aromatic amines is 1. The minimum atomic E-state index is -0.308. The fourth-order valence-electron chi connectivity index (χ4n) is 6.24. The van der Waals surface area contributed by atoms with Gasteiger partial charge in [0.2, 0.25) is 0 Å². The number of anilines is 1. The molecule has 6 rings (SSSR count). The van der Waals surface area contributed by atoms with Crippen molar-refractivity contribution in [3.63, 3.8) is 0 Å². The van der Waals surface area contributed by atoms with E-state index in [0.29, 0.717) is 23.6 Å². The molecule has 1 spiro atoms. The maximum atomic E-state index is 10.5. The van der Waals surface area contributed by atoms with Crippen LogP contribution in [0.2, 0.25) is 5.02 Å². The molecule has 1 aromatic carbocycles. The highest BCUT2D eigenvalue weighted by Gasteiger charge is 2.48. The molecule has 5 heterocycles. The third-order valence-electron chi connectivity index (χ3n) is 7.85. The molecule has 0 radical (unpaired) electrons. The average molecular weight is 488 g/mol. The third-order valence-corrected chi connectivity index (χ3v) is 8.17. The molecule has 6 nitrogen and oxygen atoms in total. The van der Waals surface area contributed by atoms with E-state index in [-0.39, 0.29) is 11.0 Å². The molecule has 2 fully saturated rings. The van der Waals surface area contributed by atoms with Gasteiger partial charge in [0.15, 0.2) is 0 Å². The van der Waals surface area contributed by atoms with Crippen LogP contribution in [0.1, 0.15) is 37.1 Å². The van der Waals surface area contributed by atoms with Gasteiger partial charge in [-0.1, -0.05) is 17.7 Å². The number of hydrogen-bond acceptors (Lipinski definition) is 5. The van der Waals surface area contributed by atoms with E-state index in [2.05, 4.69) is 41.3 Å². The first-order valence-corrected chi connectivity index (χ1v) is 12.6. The highest BCUT2D eigenvalue weighted by atomic mass is 35.5. The summed E-state index contributed by atoms with van der Waals surface area (Å²) in [6, 6.07) is 8.46. The van der Waals surface area contributed by atoms with Gasteiger partial charge in [0, 0.05) is 83.4 Å². The first kappa shape index (κ1) is 22.6. The molecule has 180 valence electrons. The Morgan fingerprint density at radius 1 is 1.26 bits per heavy atom. The zero-order valence-electron chi connectivity index (χ0n) is 20.3. The maximum Gasteiger partial charge on any atom is 0.147 e. The number of nitrogens with zero attached hydrogens (tertiary/aromatic N) is 4. The van der Waals surface area contributed by atoms with E-state index in [1.165, 1.54) is 0 Å². The minimum absolute atomic E-state index is 0.272. The molecule has 7 heteroatoms. The number of aromatic nitrogens is 2. The number of benzene rings is 1. The highest BCUT2D eigenvalue weighted by molar-refractivity contribution is 6.35. The van der Waals surface area contributed by atoms with Gasteiger partial charge < -0.3 is 14.6 Å². The van der Waals surface area contributed by atoms with E-state index in [4.69, 9.17) is 21.3 Å². The lowest BCUT2D eigenvalue weighted by Gasteiger charge is -2.47. The van der Waals surface area contributed by atoms with Crippen LogP contribution in [0, 0.1) is 16.7 Å². The summed E-state index contributed by atoms with van der Waals surface area (Å²) < 4.78 is 6.22. The number of hydrogen-bond donors (Lipinski definition) is 1. The number of likely N-dealkylation sites (tertiary alicyclic amines) is 1. The second-order valence-electron chi connectivity index (χ2n) is 10.9. The number of nitriles is 1. The van der Waals surface area contributed by atoms with Gasteiger partial charge in [0.05, 0.1) is 17.9 Å². The molecule has 35 heavy (non-hydrogen) atoms. The summed E-state index contributed by atoms with van der Waals surface area (Å²) in [6.45, 7) is 13.4. The van der Waals surface area contributed by atoms with Crippen LogP contribution in [0.4, 0.5) is 5.82 Å². The van der Waals surface area contributed by atoms with E-state index in [9.17, 15) is 5.26 Å². The number of rotatable bonds is 4. The molecule has 3 aromatic rings. The Bertz CT molecular complexity index is 1380. The number of H-pyrrole nitrogens is 1. The standard InChI is InChI=1S/C28H30ClN5O/c1-4-10-33-15-28(16-33)8-11-34(17-28)26-19(13-30)24(20-14-35-27(2,3)12-23(20)32-26)25-18-7-9-31-22(18)6-5-21(25)29/h4-7,9,31H,1,8,10-12,14-17H2,2-3H3. The number of fused-ring (bicyclic) bond motifs is 2. The summed E-state index contributed by atoms with van der Waals surface area (Å²) in [7, 11) is 0. The summed E-state index contributed by atoms with van der Waals surface area (Å²) >= 11 is 6.85. The summed E-state index contributed by atoms with van der Waals surface area (Å²) in [5, 5.41) is 12.2. The smallest absolute Gasteiger partial charge is 0.147 e. The Morgan fingerprint density at radius 3 is 2.86 bits per heavy atom. The van der Waals surface area contributed by atoms with E-state index in [0.717, 1.165) is 78.2 Å². The van der Waals surface area contributed by atoms with Gasteiger partial charge in [0.25, 0.3) is 0 Å². The molecule has 1 N–H and O–H groups in total. The fraction of sp³-hybridized carbons (Fsp3) is 0.429. The van der Waals surface area contributed by atoms with Crippen molar-refractivity contribution in [1.29, 1.82) is 5.26 Å². The van der Waals surface area contributed by atoms with Crippen molar-refractivity contribution in [2.24, 2.45) is 5.41 Å². The van der Waals surface area contributed by atoms with Crippen molar-refractivity contribution in [2.75, 3.05) is 37.6 Å². The molecule has 2 aromatic heterocycles. The van der Waals surface area contributed by atoms with Gasteiger partial charge in [-0.3, -0.25) is 4.90 Å². The number of nitrogens with one attached hydrogen (secondary N) is 1. The summed E-state index contributed by atoms with van der Waals surface area (Å²) in [5.41, 5.74) is 5.32. The molecule has 0 unspecified atom stereocenters. The lowest BCUT2D eigenvalue weighted by Crippen LogP contribution is -2.57. The maximum absolute atomic E-state index is 10.5. The summed E-state index contributed by atoms with van der Waals surface area (Å²) in [5.74, 6) is 0.793. The van der Waals surface area contributed by atoms with Crippen molar-refractivity contribution in [2.45, 2.75) is 38.9 Å². The number of pyridine rings is 1. The molecule has 0 aliphatic carbocycles. The lowest BCUT2D eigenvalue weighted by atomic mass is 9.79. The molecule has 3 aliphatic heterocycles. The second-order valence-corrected chi connectivity index (χ2v) is 11.3. The average Bonchev–Trinajstić information content (AvgIpc) is 3.45. The zero-order chi connectivity index (χ0) is 24.4. The Morgan fingerprint density at radius 2 is 2.09 bits per heavy atom. The molecular formula is C28H30ClN5O. The molecular weight excluding hydrogens is 458 g/mol. The van der Waals surface area contributed by atoms with Gasteiger partial charge in [0.1, 0.15) is 17.5 Å². The van der Waals surface area contributed by atoms with E-state index in [1.807, 2.05) is 30.5 Å². The topological polar surface area (TPSA) is 68.2 Å². The highest BCUT2D eigenvalue weighted by Crippen LogP contribution is 2.47. The van der Waals surface area contributed by atoms with Crippen LogP contribution in [0.25, 0.3) is 22.0 Å². The van der Waals surface area contributed by atoms with Crippen LogP contribution < -0.4 is 4.90 Å². The number of ether oxygens (including phenoxy) is 1. The second kappa shape index (κ2) is 8.09. The monoisotopic (exact) mass is 487 g/mol. The number of halogens is 1. The SMILES string of the molecule is C=CCN1CC2(CCN(c3nc4c(c(-c5c(Cl)ccc6[nH]ccc56)c3C#N)COC(C)(C)C4)C2)C1. The quantitative estimate of drug-likeness (QED) is 0.505. The molecule has 0 atom stereocenters. The van der Waals surface area contributed by atoms with Crippen molar-refractivity contribution < 1.29 is 4.74 Å². The Hall–Kier alpha value is -2.85. The first-order chi connectivity index (χ1) is 16.8. The normalized spacial score (nSPS) is 20.6. The van der Waals surface area contributed by atoms with Gasteiger partial charge in [-0.2, -0.15) is 5.26 Å². The van der Waals surface area contributed by atoms with Gasteiger partial charge >= 0.3 is 0 Å². The van der Waals surface area contributed by atoms with Crippen LogP contribution in [-0.4, -0.2) is 53.2 Å². The fourth-order valence-corrected chi connectivity index (χ4v) is 6.50. The van der Waals surface area contributed by atoms with E-state index < -0.39 is 0 Å². The first-order valence-electron chi connectivity index (χ1n) is 12.3. The summed E-state index contributed by atoms with van der Waals surface area (Å²) in [6.07, 6.45) is 5.70. The van der Waals surface area contributed by atoms with Crippen LogP contribution >= 0.6 is 11.6 Å². The molecule has 0 bridgehead atoms. The lowest BCUT2D eigenvalue weighted by molar-refractivity contribution is -0.0410. The predicted molar refractivity (Wildman–Crippen MR) is 140 cm³/mol. The van der Waals surface area contributed by atoms with Gasteiger partial charge in [-0.25, -0.2) is 4.98 Å². The zero-order valence-corrected chi connectivity index (χ0v) is 21.1. The largest absolute Gasteiger partial charge is 0.370 e. The predicted octanol–water partition coefficient (Wildman–Crippen LogP) is 5.30. The van der Waals surface area contributed by atoms with Crippen molar-refractivity contribution >= 4 is 28.3 Å². The van der Waals surface area contributed by atoms with Crippen molar-refractivity contribution in [3.8, 4) is 17.2 Å². The summed E-state index contributed by atoms with van der Waals surface area (Å²) in [4.78, 5) is 13.2. The van der Waals surface area contributed by atoms with Crippen LogP contribution in [-0.2, 0) is 17.8 Å². The third kappa shape index (κ3) is 3.65. The van der Waals surface area contributed by atoms with Gasteiger partial charge in [-0.05, 0) is 38.5 Å². The Kier molecular flexibility index (Phi) is 5.23. The van der Waals surface area contributed by atoms with Crippen molar-refractivity contribution in [3.05, 3.63) is 58.9 Å².